The van der Waals surface area contributed by atoms with Crippen molar-refractivity contribution in [1.29, 1.82) is 0 Å². The maximum absolute atomic E-state index is 12.6. The Morgan fingerprint density at radius 1 is 1.57 bits per heavy atom. The predicted molar refractivity (Wildman–Crippen MR) is 84.8 cm³/mol. The van der Waals surface area contributed by atoms with Gasteiger partial charge in [-0.15, -0.1) is 11.3 Å². The molecule has 1 amide bonds. The number of hydrogen-bond acceptors (Lipinski definition) is 4. The summed E-state index contributed by atoms with van der Waals surface area (Å²) in [4.78, 5) is 15.5. The van der Waals surface area contributed by atoms with Gasteiger partial charge >= 0.3 is 0 Å². The van der Waals surface area contributed by atoms with E-state index >= 15 is 0 Å². The molecule has 1 aliphatic rings. The van der Waals surface area contributed by atoms with Crippen LogP contribution in [0.25, 0.3) is 0 Å². The van der Waals surface area contributed by atoms with Gasteiger partial charge < -0.3 is 5.32 Å². The average Bonchev–Trinajstić information content (AvgIpc) is 3.06. The fraction of sp³-hybridized carbons (Fsp3) is 0.429. The molecule has 0 bridgehead atoms. The van der Waals surface area contributed by atoms with E-state index < -0.39 is 0 Å². The third kappa shape index (κ3) is 3.28. The first-order valence-corrected chi connectivity index (χ1v) is 8.16. The second-order valence-electron chi connectivity index (χ2n) is 5.14. The number of aromatic nitrogens is 2. The molecule has 0 aromatic carbocycles. The monoisotopic (exact) mass is 324 g/mol. The van der Waals surface area contributed by atoms with Crippen molar-refractivity contribution in [2.75, 3.05) is 11.4 Å². The Hall–Kier alpha value is -1.37. The lowest BCUT2D eigenvalue weighted by atomic mass is 10.0. The lowest BCUT2D eigenvalue weighted by Crippen LogP contribution is -2.50. The van der Waals surface area contributed by atoms with E-state index in [4.69, 9.17) is 11.6 Å². The van der Waals surface area contributed by atoms with Crippen LogP contribution in [-0.2, 0) is 18.4 Å². The number of anilines is 1. The van der Waals surface area contributed by atoms with Crippen molar-refractivity contribution in [3.63, 3.8) is 0 Å². The van der Waals surface area contributed by atoms with Crippen molar-refractivity contribution < 1.29 is 4.79 Å². The lowest BCUT2D eigenvalue weighted by Gasteiger charge is -2.31. The van der Waals surface area contributed by atoms with Crippen LogP contribution in [0, 0.1) is 0 Å². The van der Waals surface area contributed by atoms with Crippen molar-refractivity contribution >= 4 is 34.7 Å². The highest BCUT2D eigenvalue weighted by atomic mass is 35.5. The summed E-state index contributed by atoms with van der Waals surface area (Å²) in [6.45, 7) is 1.41. The Kier molecular flexibility index (Phi) is 4.28. The normalized spacial score (nSPS) is 19.2. The number of carbonyl (C=O) groups excluding carboxylic acids is 1. The van der Waals surface area contributed by atoms with E-state index in [9.17, 15) is 4.79 Å². The maximum atomic E-state index is 12.6. The number of halogens is 1. The molecule has 112 valence electrons. The van der Waals surface area contributed by atoms with Gasteiger partial charge in [-0.1, -0.05) is 11.6 Å². The summed E-state index contributed by atoms with van der Waals surface area (Å²) in [5.74, 6) is 0.829. The van der Waals surface area contributed by atoms with E-state index in [0.717, 1.165) is 35.1 Å². The Balaban J connectivity index is 1.64. The molecule has 1 atom stereocenters. The van der Waals surface area contributed by atoms with Gasteiger partial charge in [0.2, 0.25) is 5.91 Å². The fourth-order valence-corrected chi connectivity index (χ4v) is 3.53. The number of piperidine rings is 1. The minimum Gasteiger partial charge on any atom is -0.301 e. The highest BCUT2D eigenvalue weighted by Crippen LogP contribution is 2.21. The molecule has 3 heterocycles. The van der Waals surface area contributed by atoms with Crippen molar-refractivity contribution in [3.8, 4) is 0 Å². The van der Waals surface area contributed by atoms with Crippen LogP contribution in [0.1, 0.15) is 17.7 Å². The largest absolute Gasteiger partial charge is 0.301 e. The number of hydrogen-bond donors (Lipinski definition) is 1. The van der Waals surface area contributed by atoms with Gasteiger partial charge in [-0.05, 0) is 18.9 Å². The third-order valence-corrected chi connectivity index (χ3v) is 4.84. The van der Waals surface area contributed by atoms with Gasteiger partial charge in [0.25, 0.3) is 0 Å². The Morgan fingerprint density at radius 2 is 2.43 bits per heavy atom. The van der Waals surface area contributed by atoms with E-state index in [1.807, 2.05) is 30.8 Å². The molecule has 1 saturated heterocycles. The number of thiophene rings is 1. The molecular formula is C14H17ClN4OS. The van der Waals surface area contributed by atoms with Gasteiger partial charge in [-0.3, -0.25) is 14.4 Å². The SMILES string of the molecule is Cn1ccc(N2CCC[C@@H](NCc3cc(Cl)cs3)C2=O)n1. The fourth-order valence-electron chi connectivity index (χ4n) is 2.51. The molecule has 2 aromatic rings. The van der Waals surface area contributed by atoms with Gasteiger partial charge in [0.05, 0.1) is 11.1 Å². The quantitative estimate of drug-likeness (QED) is 0.939. The Bertz CT molecular complexity index is 638. The molecule has 1 N–H and O–H groups in total. The summed E-state index contributed by atoms with van der Waals surface area (Å²) in [5, 5.41) is 10.3. The standard InChI is InChI=1S/C14H17ClN4OS/c1-18-6-4-13(17-18)19-5-2-3-12(14(19)20)16-8-11-7-10(15)9-21-11/h4,6-7,9,12,16H,2-3,5,8H2,1H3/t12-/m1/s1. The smallest absolute Gasteiger partial charge is 0.245 e. The third-order valence-electron chi connectivity index (χ3n) is 3.56. The highest BCUT2D eigenvalue weighted by molar-refractivity contribution is 7.10. The maximum Gasteiger partial charge on any atom is 0.245 e. The Labute approximate surface area is 132 Å². The van der Waals surface area contributed by atoms with Crippen LogP contribution >= 0.6 is 22.9 Å². The van der Waals surface area contributed by atoms with Crippen molar-refractivity contribution in [2.45, 2.75) is 25.4 Å². The molecule has 2 aromatic heterocycles. The second kappa shape index (κ2) is 6.17. The van der Waals surface area contributed by atoms with Gasteiger partial charge in [-0.2, -0.15) is 5.10 Å². The summed E-state index contributed by atoms with van der Waals surface area (Å²) in [7, 11) is 1.86. The van der Waals surface area contributed by atoms with Crippen LogP contribution in [0.4, 0.5) is 5.82 Å². The molecule has 3 rings (SSSR count). The van der Waals surface area contributed by atoms with Gasteiger partial charge in [0.1, 0.15) is 0 Å². The molecule has 1 aliphatic heterocycles. The van der Waals surface area contributed by atoms with Crippen molar-refractivity contribution in [2.24, 2.45) is 7.05 Å². The summed E-state index contributed by atoms with van der Waals surface area (Å²) >= 11 is 7.52. The van der Waals surface area contributed by atoms with E-state index in [1.54, 1.807) is 20.9 Å². The van der Waals surface area contributed by atoms with Crippen LogP contribution in [0.3, 0.4) is 0 Å². The van der Waals surface area contributed by atoms with Gasteiger partial charge in [0, 0.05) is 42.7 Å². The van der Waals surface area contributed by atoms with E-state index in [-0.39, 0.29) is 11.9 Å². The summed E-state index contributed by atoms with van der Waals surface area (Å²) in [5.41, 5.74) is 0. The molecule has 0 unspecified atom stereocenters. The average molecular weight is 325 g/mol. The molecule has 0 radical (unpaired) electrons. The predicted octanol–water partition coefficient (Wildman–Crippen LogP) is 2.42. The number of nitrogens with one attached hydrogen (secondary N) is 1. The number of rotatable bonds is 4. The minimum atomic E-state index is -0.151. The number of carbonyl (C=O) groups is 1. The zero-order chi connectivity index (χ0) is 14.8. The Morgan fingerprint density at radius 3 is 3.10 bits per heavy atom. The summed E-state index contributed by atoms with van der Waals surface area (Å²) in [6, 6.07) is 3.66. The topological polar surface area (TPSA) is 50.2 Å². The highest BCUT2D eigenvalue weighted by Gasteiger charge is 2.30. The van der Waals surface area contributed by atoms with E-state index in [2.05, 4.69) is 10.4 Å². The number of aryl methyl sites for hydroxylation is 1. The lowest BCUT2D eigenvalue weighted by molar-refractivity contribution is -0.121. The summed E-state index contributed by atoms with van der Waals surface area (Å²) in [6.07, 6.45) is 3.69. The van der Waals surface area contributed by atoms with Gasteiger partial charge in [-0.25, -0.2) is 0 Å². The molecule has 21 heavy (non-hydrogen) atoms. The van der Waals surface area contributed by atoms with Crippen LogP contribution in [0.5, 0.6) is 0 Å². The van der Waals surface area contributed by atoms with Crippen molar-refractivity contribution in [1.82, 2.24) is 15.1 Å². The van der Waals surface area contributed by atoms with Crippen LogP contribution in [0.2, 0.25) is 5.02 Å². The zero-order valence-electron chi connectivity index (χ0n) is 11.8. The molecule has 5 nitrogen and oxygen atoms in total. The summed E-state index contributed by atoms with van der Waals surface area (Å²) < 4.78 is 1.72. The zero-order valence-corrected chi connectivity index (χ0v) is 13.3. The molecule has 0 spiro atoms. The second-order valence-corrected chi connectivity index (χ2v) is 6.58. The number of amides is 1. The van der Waals surface area contributed by atoms with Gasteiger partial charge in [0.15, 0.2) is 5.82 Å². The first kappa shape index (κ1) is 14.6. The number of nitrogens with zero attached hydrogens (tertiary/aromatic N) is 3. The minimum absolute atomic E-state index is 0.0996. The van der Waals surface area contributed by atoms with Crippen LogP contribution < -0.4 is 10.2 Å². The van der Waals surface area contributed by atoms with Crippen LogP contribution in [0.15, 0.2) is 23.7 Å². The van der Waals surface area contributed by atoms with E-state index in [1.165, 1.54) is 0 Å². The van der Waals surface area contributed by atoms with Crippen LogP contribution in [-0.4, -0.2) is 28.3 Å². The molecule has 7 heteroatoms. The van der Waals surface area contributed by atoms with E-state index in [0.29, 0.717) is 6.54 Å². The first-order chi connectivity index (χ1) is 10.1. The van der Waals surface area contributed by atoms with Crippen molar-refractivity contribution in [3.05, 3.63) is 33.6 Å². The molecule has 0 saturated carbocycles. The molecule has 0 aliphatic carbocycles. The first-order valence-electron chi connectivity index (χ1n) is 6.91. The molecule has 1 fully saturated rings. The molecular weight excluding hydrogens is 308 g/mol.